The third kappa shape index (κ3) is 3.81. The second-order valence-corrected chi connectivity index (χ2v) is 8.43. The molecule has 0 amide bonds. The van der Waals surface area contributed by atoms with E-state index in [0.717, 1.165) is 32.3 Å². The largest absolute Gasteiger partial charge is 0.349 e. The third-order valence-electron chi connectivity index (χ3n) is 4.53. The van der Waals surface area contributed by atoms with Crippen LogP contribution in [0.1, 0.15) is 16.8 Å². The number of hydrogen-bond donors (Lipinski definition) is 3. The van der Waals surface area contributed by atoms with E-state index in [1.165, 1.54) is 0 Å². The van der Waals surface area contributed by atoms with Crippen LogP contribution >= 0.6 is 27.7 Å². The molecule has 2 heterocycles. The Morgan fingerprint density at radius 2 is 1.96 bits per heavy atom. The van der Waals surface area contributed by atoms with Gasteiger partial charge in [0.2, 0.25) is 11.5 Å². The van der Waals surface area contributed by atoms with E-state index < -0.39 is 5.72 Å². The Morgan fingerprint density at radius 1 is 1.22 bits per heavy atom. The quantitative estimate of drug-likeness (QED) is 0.532. The smallest absolute Gasteiger partial charge is 0.315 e. The van der Waals surface area contributed by atoms with E-state index in [2.05, 4.69) is 43.6 Å². The van der Waals surface area contributed by atoms with Crippen molar-refractivity contribution in [1.82, 2.24) is 10.2 Å². The van der Waals surface area contributed by atoms with Crippen LogP contribution in [0.25, 0.3) is 0 Å². The number of aromatic amines is 1. The Morgan fingerprint density at radius 3 is 2.63 bits per heavy atom. The van der Waals surface area contributed by atoms with Crippen LogP contribution in [0, 0.1) is 6.92 Å². The number of halogens is 1. The van der Waals surface area contributed by atoms with Crippen LogP contribution in [0.4, 0.5) is 5.82 Å². The van der Waals surface area contributed by atoms with Gasteiger partial charge >= 0.3 is 5.17 Å². The highest BCUT2D eigenvalue weighted by Crippen LogP contribution is 2.36. The van der Waals surface area contributed by atoms with Crippen LogP contribution < -0.4 is 5.32 Å². The van der Waals surface area contributed by atoms with Crippen LogP contribution in [0.15, 0.2) is 65.1 Å². The van der Waals surface area contributed by atoms with E-state index >= 15 is 0 Å². The maximum absolute atomic E-state index is 11.6. The Bertz CT molecular complexity index is 971. The highest BCUT2D eigenvalue weighted by molar-refractivity contribution is 9.10. The molecule has 2 aromatic carbocycles. The molecule has 0 saturated carbocycles. The van der Waals surface area contributed by atoms with E-state index in [0.29, 0.717) is 12.3 Å². The maximum atomic E-state index is 11.6. The molecule has 0 bridgehead atoms. The summed E-state index contributed by atoms with van der Waals surface area (Å²) in [6.07, 6.45) is 0. The van der Waals surface area contributed by atoms with Crippen molar-refractivity contribution >= 4 is 38.7 Å². The number of rotatable bonds is 4. The zero-order chi connectivity index (χ0) is 18.9. The van der Waals surface area contributed by atoms with Gasteiger partial charge in [0.25, 0.3) is 0 Å². The Balaban J connectivity index is 1.75. The average Bonchev–Trinajstić information content (AvgIpc) is 3.22. The highest BCUT2D eigenvalue weighted by Gasteiger charge is 2.46. The Hall–Kier alpha value is -2.09. The summed E-state index contributed by atoms with van der Waals surface area (Å²) >= 11 is 5.06. The van der Waals surface area contributed by atoms with Gasteiger partial charge in [0.15, 0.2) is 0 Å². The number of hydrogen-bond acceptors (Lipinski definition) is 4. The minimum Gasteiger partial charge on any atom is -0.349 e. The molecule has 1 atom stereocenters. The van der Waals surface area contributed by atoms with Crippen molar-refractivity contribution in [3.63, 3.8) is 0 Å². The number of thioether (sulfide) groups is 1. The molecule has 0 radical (unpaired) electrons. The van der Waals surface area contributed by atoms with Crippen molar-refractivity contribution in [3.05, 3.63) is 82.0 Å². The first-order valence-electron chi connectivity index (χ1n) is 8.63. The first-order valence-corrected chi connectivity index (χ1v) is 10.4. The minimum absolute atomic E-state index is 0.535. The van der Waals surface area contributed by atoms with Gasteiger partial charge in [0.1, 0.15) is 6.54 Å². The van der Waals surface area contributed by atoms with Crippen LogP contribution in [0.3, 0.4) is 0 Å². The molecule has 3 aromatic rings. The fourth-order valence-corrected chi connectivity index (χ4v) is 4.59. The molecule has 0 fully saturated rings. The second-order valence-electron chi connectivity index (χ2n) is 6.55. The van der Waals surface area contributed by atoms with Gasteiger partial charge in [-0.3, -0.25) is 5.10 Å². The molecule has 0 spiro atoms. The van der Waals surface area contributed by atoms with Crippen molar-refractivity contribution in [2.45, 2.75) is 19.2 Å². The lowest BCUT2D eigenvalue weighted by Gasteiger charge is -2.24. The van der Waals surface area contributed by atoms with Gasteiger partial charge in [-0.2, -0.15) is 0 Å². The lowest BCUT2D eigenvalue weighted by molar-refractivity contribution is -0.670. The predicted molar refractivity (Wildman–Crippen MR) is 113 cm³/mol. The van der Waals surface area contributed by atoms with Gasteiger partial charge in [0.05, 0.1) is 5.75 Å². The number of nitrogens with zero attached hydrogens (tertiary/aromatic N) is 2. The lowest BCUT2D eigenvalue weighted by Crippen LogP contribution is -2.40. The van der Waals surface area contributed by atoms with Crippen LogP contribution in [0.2, 0.25) is 0 Å². The van der Waals surface area contributed by atoms with Crippen molar-refractivity contribution in [2.24, 2.45) is 0 Å². The first kappa shape index (κ1) is 18.3. The van der Waals surface area contributed by atoms with Gasteiger partial charge in [-0.1, -0.05) is 58.4 Å². The molecule has 3 N–H and O–H groups in total. The number of nitrogens with one attached hydrogen (secondary N) is 2. The van der Waals surface area contributed by atoms with Gasteiger partial charge < -0.3 is 5.11 Å². The summed E-state index contributed by atoms with van der Waals surface area (Å²) in [5, 5.41) is 23.1. The summed E-state index contributed by atoms with van der Waals surface area (Å²) in [7, 11) is 0. The maximum Gasteiger partial charge on any atom is 0.315 e. The zero-order valence-corrected chi connectivity index (χ0v) is 17.2. The molecule has 1 aliphatic heterocycles. The summed E-state index contributed by atoms with van der Waals surface area (Å²) < 4.78 is 3.00. The highest BCUT2D eigenvalue weighted by atomic mass is 79.9. The Kier molecular flexibility index (Phi) is 5.08. The van der Waals surface area contributed by atoms with Crippen molar-refractivity contribution in [2.75, 3.05) is 11.1 Å². The molecule has 1 aliphatic rings. The number of aliphatic hydroxyl groups is 1. The van der Waals surface area contributed by atoms with E-state index in [9.17, 15) is 5.11 Å². The monoisotopic (exact) mass is 443 g/mol. The number of anilines is 1. The zero-order valence-electron chi connectivity index (χ0n) is 14.8. The summed E-state index contributed by atoms with van der Waals surface area (Å²) in [6.45, 7) is 2.55. The summed E-state index contributed by atoms with van der Waals surface area (Å²) in [5.74, 6) is 1.28. The third-order valence-corrected chi connectivity index (χ3v) is 6.20. The van der Waals surface area contributed by atoms with Gasteiger partial charge in [-0.25, -0.2) is 9.89 Å². The van der Waals surface area contributed by atoms with Gasteiger partial charge in [-0.05, 0) is 36.4 Å². The van der Waals surface area contributed by atoms with Crippen molar-refractivity contribution < 1.29 is 9.68 Å². The normalized spacial score (nSPS) is 19.5. The van der Waals surface area contributed by atoms with E-state index in [1.54, 1.807) is 11.8 Å². The number of aromatic nitrogens is 2. The van der Waals surface area contributed by atoms with Crippen LogP contribution in [-0.4, -0.2) is 30.8 Å². The van der Waals surface area contributed by atoms with Gasteiger partial charge in [-0.15, -0.1) is 5.10 Å². The molecule has 4 rings (SSSR count). The summed E-state index contributed by atoms with van der Waals surface area (Å²) in [6, 6.07) is 20.0. The van der Waals surface area contributed by atoms with E-state index in [1.807, 2.05) is 60.0 Å². The fourth-order valence-electron chi connectivity index (χ4n) is 3.11. The van der Waals surface area contributed by atoms with E-state index in [4.69, 9.17) is 0 Å². The van der Waals surface area contributed by atoms with E-state index in [-0.39, 0.29) is 0 Å². The SMILES string of the molecule is Cc1cc(NC2=[N+](Cc3ccccc3)C(O)(c3ccc(Br)cc3)CS2)n[nH]1. The van der Waals surface area contributed by atoms with Crippen LogP contribution in [0.5, 0.6) is 0 Å². The molecule has 0 aliphatic carbocycles. The fraction of sp³-hybridized carbons (Fsp3) is 0.200. The molecular formula is C20H20BrN4OS+. The molecule has 27 heavy (non-hydrogen) atoms. The second kappa shape index (κ2) is 7.50. The summed E-state index contributed by atoms with van der Waals surface area (Å²) in [4.78, 5) is 0. The number of benzene rings is 2. The molecule has 7 heteroatoms. The molecule has 138 valence electrons. The number of aryl methyl sites for hydroxylation is 1. The van der Waals surface area contributed by atoms with Gasteiger partial charge in [0, 0.05) is 21.8 Å². The van der Waals surface area contributed by atoms with Crippen molar-refractivity contribution in [1.29, 1.82) is 0 Å². The number of H-pyrrole nitrogens is 1. The summed E-state index contributed by atoms with van der Waals surface area (Å²) in [5.41, 5.74) is 1.88. The lowest BCUT2D eigenvalue weighted by atomic mass is 10.0. The van der Waals surface area contributed by atoms with Crippen molar-refractivity contribution in [3.8, 4) is 0 Å². The first-order chi connectivity index (χ1) is 13.0. The molecule has 1 unspecified atom stereocenters. The topological polar surface area (TPSA) is 63.9 Å². The molecular weight excluding hydrogens is 424 g/mol. The standard InChI is InChI=1S/C20H19BrN4OS/c1-14-11-18(24-23-14)22-19-25(12-15-5-3-2-4-6-15)20(26,13-27-19)16-7-9-17(21)10-8-16/h2-11,26H,12-13H2,1H3,(H,23,24)/p+1. The molecule has 0 saturated heterocycles. The molecule has 1 aromatic heterocycles. The van der Waals surface area contributed by atoms with Crippen LogP contribution in [-0.2, 0) is 12.3 Å². The molecule has 5 nitrogen and oxygen atoms in total. The Labute approximate surface area is 170 Å². The average molecular weight is 444 g/mol. The predicted octanol–water partition coefficient (Wildman–Crippen LogP) is 4.05. The number of amidine groups is 1. The minimum atomic E-state index is -1.10.